The minimum atomic E-state index is -0.195. The topological polar surface area (TPSA) is 51.5 Å². The van der Waals surface area contributed by atoms with E-state index in [1.807, 2.05) is 24.3 Å². The van der Waals surface area contributed by atoms with Crippen molar-refractivity contribution >= 4 is 21.8 Å². The highest BCUT2D eigenvalue weighted by molar-refractivity contribution is 9.10. The molecule has 0 radical (unpaired) electrons. The van der Waals surface area contributed by atoms with Gasteiger partial charge in [0.15, 0.2) is 5.76 Å². The number of carbonyl (C=O) groups is 1. The van der Waals surface area contributed by atoms with Crippen molar-refractivity contribution < 1.29 is 13.9 Å². The first kappa shape index (κ1) is 23.1. The first-order chi connectivity index (χ1) is 14.7. The van der Waals surface area contributed by atoms with Gasteiger partial charge in [-0.05, 0) is 81.2 Å². The Morgan fingerprint density at radius 1 is 1.10 bits per heavy atom. The molecule has 0 fully saturated rings. The lowest BCUT2D eigenvalue weighted by Crippen LogP contribution is -2.25. The zero-order chi connectivity index (χ0) is 22.6. The van der Waals surface area contributed by atoms with E-state index in [9.17, 15) is 4.79 Å². The minimum Gasteiger partial charge on any atom is -0.496 e. The number of hydrogen-bond donors (Lipinski definition) is 1. The Morgan fingerprint density at radius 2 is 1.87 bits per heavy atom. The van der Waals surface area contributed by atoms with Crippen LogP contribution in [0.25, 0.3) is 0 Å². The van der Waals surface area contributed by atoms with Crippen LogP contribution in [0.3, 0.4) is 0 Å². The summed E-state index contributed by atoms with van der Waals surface area (Å²) in [6, 6.07) is 16.1. The lowest BCUT2D eigenvalue weighted by atomic mass is 9.85. The van der Waals surface area contributed by atoms with E-state index < -0.39 is 0 Å². The van der Waals surface area contributed by atoms with Crippen LogP contribution in [0.1, 0.15) is 59.3 Å². The number of carbonyl (C=O) groups excluding carboxylic acids is 1. The summed E-state index contributed by atoms with van der Waals surface area (Å²) < 4.78 is 12.0. The maximum atomic E-state index is 12.5. The highest BCUT2D eigenvalue weighted by Gasteiger charge is 2.16. The van der Waals surface area contributed by atoms with Crippen molar-refractivity contribution in [2.45, 2.75) is 46.0 Å². The Labute approximate surface area is 193 Å². The van der Waals surface area contributed by atoms with Gasteiger partial charge >= 0.3 is 0 Å². The van der Waals surface area contributed by atoms with Gasteiger partial charge in [-0.15, -0.1) is 0 Å². The molecule has 0 aliphatic carbocycles. The summed E-state index contributed by atoms with van der Waals surface area (Å²) in [6.45, 7) is 9.26. The molecule has 1 aromatic heterocycles. The highest BCUT2D eigenvalue weighted by atomic mass is 79.9. The van der Waals surface area contributed by atoms with E-state index in [0.29, 0.717) is 18.7 Å². The second-order valence-electron chi connectivity index (χ2n) is 8.81. The molecule has 0 spiro atoms. The average molecular weight is 484 g/mol. The van der Waals surface area contributed by atoms with E-state index in [4.69, 9.17) is 9.15 Å². The van der Waals surface area contributed by atoms with E-state index in [1.54, 1.807) is 13.2 Å². The van der Waals surface area contributed by atoms with Gasteiger partial charge in [-0.25, -0.2) is 0 Å². The van der Waals surface area contributed by atoms with Crippen LogP contribution in [0.2, 0.25) is 0 Å². The molecular formula is C26H30BrNO3. The number of halogens is 1. The molecule has 164 valence electrons. The molecule has 5 heteroatoms. The Kier molecular flexibility index (Phi) is 7.26. The van der Waals surface area contributed by atoms with Crippen molar-refractivity contribution in [3.05, 3.63) is 86.8 Å². The average Bonchev–Trinajstić information content (AvgIpc) is 3.17. The van der Waals surface area contributed by atoms with Gasteiger partial charge in [0.05, 0.1) is 11.6 Å². The highest BCUT2D eigenvalue weighted by Crippen LogP contribution is 2.27. The normalized spacial score (nSPS) is 11.4. The number of hydrogen-bond acceptors (Lipinski definition) is 3. The Morgan fingerprint density at radius 3 is 2.55 bits per heavy atom. The number of furan rings is 1. The molecule has 0 atom stereocenters. The summed E-state index contributed by atoms with van der Waals surface area (Å²) in [4.78, 5) is 12.5. The number of aryl methyl sites for hydroxylation is 1. The predicted molar refractivity (Wildman–Crippen MR) is 128 cm³/mol. The molecule has 2 aromatic carbocycles. The van der Waals surface area contributed by atoms with Crippen molar-refractivity contribution in [3.63, 3.8) is 0 Å². The van der Waals surface area contributed by atoms with Gasteiger partial charge in [-0.3, -0.25) is 4.79 Å². The van der Waals surface area contributed by atoms with Crippen LogP contribution in [0.4, 0.5) is 0 Å². The van der Waals surface area contributed by atoms with Crippen molar-refractivity contribution in [2.75, 3.05) is 13.7 Å². The van der Waals surface area contributed by atoms with Gasteiger partial charge in [-0.2, -0.15) is 0 Å². The number of methoxy groups -OCH3 is 1. The number of benzene rings is 2. The molecule has 0 aliphatic heterocycles. The van der Waals surface area contributed by atoms with Crippen LogP contribution in [-0.4, -0.2) is 19.6 Å². The van der Waals surface area contributed by atoms with E-state index in [2.05, 4.69) is 67.1 Å². The minimum absolute atomic E-state index is 0.0934. The van der Waals surface area contributed by atoms with Gasteiger partial charge < -0.3 is 14.5 Å². The van der Waals surface area contributed by atoms with Crippen LogP contribution >= 0.6 is 15.9 Å². The van der Waals surface area contributed by atoms with Crippen molar-refractivity contribution in [3.8, 4) is 5.75 Å². The Balaban J connectivity index is 1.59. The lowest BCUT2D eigenvalue weighted by Gasteiger charge is -2.20. The summed E-state index contributed by atoms with van der Waals surface area (Å²) in [5.74, 6) is 1.73. The second kappa shape index (κ2) is 9.73. The Hall–Kier alpha value is -2.53. The van der Waals surface area contributed by atoms with E-state index in [1.165, 1.54) is 16.7 Å². The summed E-state index contributed by atoms with van der Waals surface area (Å²) in [5.41, 5.74) is 4.95. The molecule has 1 N–H and O–H groups in total. The van der Waals surface area contributed by atoms with Gasteiger partial charge in [0.1, 0.15) is 11.5 Å². The summed E-state index contributed by atoms with van der Waals surface area (Å²) in [5, 5.41) is 2.93. The molecule has 4 nitrogen and oxygen atoms in total. The Bertz CT molecular complexity index is 1060. The van der Waals surface area contributed by atoms with E-state index in [-0.39, 0.29) is 11.3 Å². The van der Waals surface area contributed by atoms with Crippen molar-refractivity contribution in [1.29, 1.82) is 0 Å². The van der Waals surface area contributed by atoms with E-state index >= 15 is 0 Å². The van der Waals surface area contributed by atoms with E-state index in [0.717, 1.165) is 28.0 Å². The number of ether oxygens (including phenoxy) is 1. The van der Waals surface area contributed by atoms with Gasteiger partial charge in [0.25, 0.3) is 5.91 Å². The second-order valence-corrected chi connectivity index (χ2v) is 9.66. The molecule has 0 unspecified atom stereocenters. The SMILES string of the molecule is COc1ccc(CCNC(=O)c2ccc(Cc3cc(C(C)(C)C)ccc3C)o2)cc1Br. The largest absolute Gasteiger partial charge is 0.496 e. The lowest BCUT2D eigenvalue weighted by molar-refractivity contribution is 0.0925. The first-order valence-corrected chi connectivity index (χ1v) is 11.3. The third-order valence-corrected chi connectivity index (χ3v) is 6.00. The number of amides is 1. The fourth-order valence-corrected chi connectivity index (χ4v) is 3.97. The van der Waals surface area contributed by atoms with Gasteiger partial charge in [-0.1, -0.05) is 45.0 Å². The standard InChI is InChI=1S/C26H30BrNO3/c1-17-6-8-20(26(2,3)4)15-19(17)16-21-9-11-24(31-21)25(29)28-13-12-18-7-10-23(30-5)22(27)14-18/h6-11,14-15H,12-13,16H2,1-5H3,(H,28,29). The number of rotatable bonds is 7. The molecule has 0 bridgehead atoms. The van der Waals surface area contributed by atoms with Gasteiger partial charge in [0.2, 0.25) is 0 Å². The maximum Gasteiger partial charge on any atom is 0.287 e. The molecule has 0 saturated carbocycles. The quantitative estimate of drug-likeness (QED) is 0.433. The summed E-state index contributed by atoms with van der Waals surface area (Å²) in [7, 11) is 1.64. The molecule has 1 heterocycles. The molecule has 3 rings (SSSR count). The van der Waals surface area contributed by atoms with Crippen LogP contribution in [0.15, 0.2) is 57.4 Å². The van der Waals surface area contributed by atoms with Crippen LogP contribution in [0, 0.1) is 6.92 Å². The van der Waals surface area contributed by atoms with Crippen molar-refractivity contribution in [2.24, 2.45) is 0 Å². The zero-order valence-corrected chi connectivity index (χ0v) is 20.4. The fourth-order valence-electron chi connectivity index (χ4n) is 3.38. The summed E-state index contributed by atoms with van der Waals surface area (Å²) >= 11 is 3.49. The molecule has 0 saturated heterocycles. The smallest absolute Gasteiger partial charge is 0.287 e. The molecule has 1 amide bonds. The van der Waals surface area contributed by atoms with Gasteiger partial charge in [0, 0.05) is 13.0 Å². The molecular weight excluding hydrogens is 454 g/mol. The zero-order valence-electron chi connectivity index (χ0n) is 18.8. The number of nitrogens with one attached hydrogen (secondary N) is 1. The predicted octanol–water partition coefficient (Wildman–Crippen LogP) is 6.22. The third-order valence-electron chi connectivity index (χ3n) is 5.38. The first-order valence-electron chi connectivity index (χ1n) is 10.5. The monoisotopic (exact) mass is 483 g/mol. The maximum absolute atomic E-state index is 12.5. The van der Waals surface area contributed by atoms with Crippen molar-refractivity contribution in [1.82, 2.24) is 5.32 Å². The van der Waals surface area contributed by atoms with Crippen LogP contribution in [-0.2, 0) is 18.3 Å². The fraction of sp³-hybridized carbons (Fsp3) is 0.346. The molecule has 0 aliphatic rings. The summed E-state index contributed by atoms with van der Waals surface area (Å²) in [6.07, 6.45) is 1.39. The molecule has 31 heavy (non-hydrogen) atoms. The van der Waals surface area contributed by atoms with Crippen LogP contribution < -0.4 is 10.1 Å². The van der Waals surface area contributed by atoms with Crippen LogP contribution in [0.5, 0.6) is 5.75 Å². The molecule has 3 aromatic rings. The third kappa shape index (κ3) is 6.01.